The first-order valence-corrected chi connectivity index (χ1v) is 11.0. The van der Waals surface area contributed by atoms with Crippen LogP contribution in [0.4, 0.5) is 0 Å². The van der Waals surface area contributed by atoms with Gasteiger partial charge in [-0.25, -0.2) is 0 Å². The molecule has 0 radical (unpaired) electrons. The number of ether oxygens (including phenoxy) is 1. The van der Waals surface area contributed by atoms with Gasteiger partial charge in [0.2, 0.25) is 5.91 Å². The molecule has 0 bridgehead atoms. The predicted molar refractivity (Wildman–Crippen MR) is 117 cm³/mol. The molecule has 1 unspecified atom stereocenters. The first-order chi connectivity index (χ1) is 14.6. The fraction of sp³-hybridized carbons (Fsp3) is 0.440. The van der Waals surface area contributed by atoms with Gasteiger partial charge in [0.15, 0.2) is 0 Å². The number of carbonyl (C=O) groups excluding carboxylic acids is 2. The Morgan fingerprint density at radius 1 is 0.933 bits per heavy atom. The van der Waals surface area contributed by atoms with Crippen molar-refractivity contribution >= 4 is 11.8 Å². The van der Waals surface area contributed by atoms with E-state index in [1.54, 1.807) is 0 Å². The molecule has 0 spiro atoms. The summed E-state index contributed by atoms with van der Waals surface area (Å²) in [6, 6.07) is 15.6. The van der Waals surface area contributed by atoms with Crippen molar-refractivity contribution in [2.24, 2.45) is 0 Å². The Hall–Kier alpha value is -2.82. The number of likely N-dealkylation sites (tertiary alicyclic amines) is 2. The second-order valence-corrected chi connectivity index (χ2v) is 8.38. The molecule has 2 aromatic rings. The van der Waals surface area contributed by atoms with Crippen molar-refractivity contribution in [1.29, 1.82) is 0 Å². The molecular formula is C25H30N2O3. The molecule has 2 aliphatic heterocycles. The van der Waals surface area contributed by atoms with Crippen LogP contribution in [0, 0.1) is 6.92 Å². The Labute approximate surface area is 178 Å². The highest BCUT2D eigenvalue weighted by atomic mass is 16.5. The molecule has 0 saturated carbocycles. The molecule has 2 heterocycles. The van der Waals surface area contributed by atoms with Crippen LogP contribution in [0.2, 0.25) is 0 Å². The van der Waals surface area contributed by atoms with E-state index in [9.17, 15) is 9.59 Å². The lowest BCUT2D eigenvalue weighted by molar-refractivity contribution is -0.131. The van der Waals surface area contributed by atoms with Crippen LogP contribution in [0.1, 0.15) is 47.2 Å². The molecule has 0 aliphatic carbocycles. The minimum atomic E-state index is 0.0997. The number of hydrogen-bond donors (Lipinski definition) is 0. The minimum absolute atomic E-state index is 0.0997. The van der Waals surface area contributed by atoms with E-state index in [1.165, 1.54) is 5.56 Å². The summed E-state index contributed by atoms with van der Waals surface area (Å²) in [5, 5.41) is 0. The highest BCUT2D eigenvalue weighted by Crippen LogP contribution is 2.22. The number of carbonyl (C=O) groups is 2. The number of amides is 2. The zero-order valence-electron chi connectivity index (χ0n) is 17.7. The van der Waals surface area contributed by atoms with Gasteiger partial charge in [0.25, 0.3) is 5.91 Å². The molecule has 30 heavy (non-hydrogen) atoms. The molecule has 5 nitrogen and oxygen atoms in total. The zero-order valence-corrected chi connectivity index (χ0v) is 17.7. The Morgan fingerprint density at radius 3 is 2.33 bits per heavy atom. The van der Waals surface area contributed by atoms with E-state index < -0.39 is 0 Å². The number of hydrogen-bond acceptors (Lipinski definition) is 3. The summed E-state index contributed by atoms with van der Waals surface area (Å²) >= 11 is 0. The highest BCUT2D eigenvalue weighted by molar-refractivity contribution is 5.94. The van der Waals surface area contributed by atoms with Crippen LogP contribution >= 0.6 is 0 Å². The Balaban J connectivity index is 1.30. The first-order valence-electron chi connectivity index (χ1n) is 11.0. The van der Waals surface area contributed by atoms with E-state index in [1.807, 2.05) is 65.3 Å². The van der Waals surface area contributed by atoms with Crippen LogP contribution in [0.15, 0.2) is 48.5 Å². The third kappa shape index (κ3) is 4.84. The fourth-order valence-corrected chi connectivity index (χ4v) is 4.31. The van der Waals surface area contributed by atoms with Gasteiger partial charge in [0, 0.05) is 25.2 Å². The lowest BCUT2D eigenvalue weighted by Gasteiger charge is -2.25. The fourth-order valence-electron chi connectivity index (χ4n) is 4.31. The molecule has 0 aromatic heterocycles. The van der Waals surface area contributed by atoms with E-state index in [-0.39, 0.29) is 17.9 Å². The molecular weight excluding hydrogens is 376 g/mol. The molecule has 5 heteroatoms. The second kappa shape index (κ2) is 9.33. The molecule has 2 aromatic carbocycles. The third-order valence-corrected chi connectivity index (χ3v) is 6.11. The largest absolute Gasteiger partial charge is 0.491 e. The Kier molecular flexibility index (Phi) is 6.36. The predicted octanol–water partition coefficient (Wildman–Crippen LogP) is 3.84. The maximum atomic E-state index is 12.8. The van der Waals surface area contributed by atoms with Gasteiger partial charge >= 0.3 is 0 Å². The van der Waals surface area contributed by atoms with Crippen molar-refractivity contribution in [2.45, 2.75) is 45.1 Å². The molecule has 158 valence electrons. The van der Waals surface area contributed by atoms with E-state index in [0.29, 0.717) is 18.6 Å². The van der Waals surface area contributed by atoms with Crippen molar-refractivity contribution in [1.82, 2.24) is 9.80 Å². The summed E-state index contributed by atoms with van der Waals surface area (Å²) in [7, 11) is 0. The molecule has 0 N–H and O–H groups in total. The van der Waals surface area contributed by atoms with Crippen molar-refractivity contribution < 1.29 is 14.3 Å². The van der Waals surface area contributed by atoms with Gasteiger partial charge in [-0.1, -0.05) is 29.8 Å². The van der Waals surface area contributed by atoms with Crippen molar-refractivity contribution in [3.63, 3.8) is 0 Å². The normalized spacial score (nSPS) is 18.6. The van der Waals surface area contributed by atoms with Crippen LogP contribution in [-0.4, -0.2) is 53.9 Å². The average molecular weight is 407 g/mol. The summed E-state index contributed by atoms with van der Waals surface area (Å²) in [5.41, 5.74) is 2.96. The summed E-state index contributed by atoms with van der Waals surface area (Å²) in [6.07, 6.45) is 4.59. The Morgan fingerprint density at radius 2 is 1.63 bits per heavy atom. The van der Waals surface area contributed by atoms with Gasteiger partial charge in [-0.2, -0.15) is 0 Å². The summed E-state index contributed by atoms with van der Waals surface area (Å²) in [4.78, 5) is 29.1. The highest BCUT2D eigenvalue weighted by Gasteiger charge is 2.29. The van der Waals surface area contributed by atoms with Gasteiger partial charge < -0.3 is 14.5 Å². The maximum Gasteiger partial charge on any atom is 0.253 e. The lowest BCUT2D eigenvalue weighted by atomic mass is 10.1. The summed E-state index contributed by atoms with van der Waals surface area (Å²) in [6.45, 7) is 5.03. The number of rotatable bonds is 6. The van der Waals surface area contributed by atoms with Crippen LogP contribution in [0.5, 0.6) is 5.75 Å². The van der Waals surface area contributed by atoms with E-state index in [0.717, 1.165) is 56.6 Å². The van der Waals surface area contributed by atoms with Gasteiger partial charge in [-0.3, -0.25) is 9.59 Å². The first kappa shape index (κ1) is 20.5. The molecule has 2 aliphatic rings. The van der Waals surface area contributed by atoms with E-state index in [4.69, 9.17) is 4.74 Å². The topological polar surface area (TPSA) is 49.9 Å². The van der Waals surface area contributed by atoms with Crippen molar-refractivity contribution in [2.75, 3.05) is 26.2 Å². The third-order valence-electron chi connectivity index (χ3n) is 6.11. The van der Waals surface area contributed by atoms with Gasteiger partial charge in [-0.15, -0.1) is 0 Å². The molecule has 2 fully saturated rings. The molecule has 2 amide bonds. The van der Waals surface area contributed by atoms with Crippen LogP contribution in [-0.2, 0) is 11.2 Å². The van der Waals surface area contributed by atoms with E-state index >= 15 is 0 Å². The SMILES string of the molecule is Cc1ccc(CC(=O)N2CCCC2COc2ccc(C(=O)N3CCCC3)cc2)cc1. The van der Waals surface area contributed by atoms with Crippen LogP contribution in [0.3, 0.4) is 0 Å². The lowest BCUT2D eigenvalue weighted by Crippen LogP contribution is -2.39. The monoisotopic (exact) mass is 406 g/mol. The summed E-state index contributed by atoms with van der Waals surface area (Å²) in [5.74, 6) is 1.00. The van der Waals surface area contributed by atoms with Gasteiger partial charge in [-0.05, 0) is 62.4 Å². The minimum Gasteiger partial charge on any atom is -0.491 e. The van der Waals surface area contributed by atoms with Crippen molar-refractivity contribution in [3.8, 4) is 5.75 Å². The Bertz CT molecular complexity index is 870. The zero-order chi connectivity index (χ0) is 20.9. The molecule has 2 saturated heterocycles. The van der Waals surface area contributed by atoms with E-state index in [2.05, 4.69) is 0 Å². The standard InChI is InChI=1S/C25H30N2O3/c1-19-6-8-20(9-7-19)17-24(28)27-16-4-5-22(27)18-30-23-12-10-21(11-13-23)25(29)26-14-2-3-15-26/h6-13,22H,2-5,14-18H2,1H3. The average Bonchev–Trinajstić information content (AvgIpc) is 3.46. The van der Waals surface area contributed by atoms with Gasteiger partial charge in [0.05, 0.1) is 12.5 Å². The number of nitrogens with zero attached hydrogens (tertiary/aromatic N) is 2. The second-order valence-electron chi connectivity index (χ2n) is 8.38. The van der Waals surface area contributed by atoms with Crippen molar-refractivity contribution in [3.05, 3.63) is 65.2 Å². The van der Waals surface area contributed by atoms with Crippen LogP contribution < -0.4 is 4.74 Å². The smallest absolute Gasteiger partial charge is 0.253 e. The van der Waals surface area contributed by atoms with Gasteiger partial charge in [0.1, 0.15) is 12.4 Å². The van der Waals surface area contributed by atoms with Crippen LogP contribution in [0.25, 0.3) is 0 Å². The molecule has 4 rings (SSSR count). The number of benzene rings is 2. The quantitative estimate of drug-likeness (QED) is 0.732. The summed E-state index contributed by atoms with van der Waals surface area (Å²) < 4.78 is 5.98. The maximum absolute atomic E-state index is 12.8. The molecule has 1 atom stereocenters. The number of aryl methyl sites for hydroxylation is 1.